The van der Waals surface area contributed by atoms with Gasteiger partial charge in [0.2, 0.25) is 5.78 Å². The van der Waals surface area contributed by atoms with E-state index < -0.39 is 22.4 Å². The first-order valence-electron chi connectivity index (χ1n) is 9.50. The Morgan fingerprint density at radius 1 is 1.06 bits per heavy atom. The van der Waals surface area contributed by atoms with Crippen molar-refractivity contribution >= 4 is 17.5 Å². The summed E-state index contributed by atoms with van der Waals surface area (Å²) in [6.45, 7) is 0. The molecule has 0 aliphatic carbocycles. The first-order valence-corrected chi connectivity index (χ1v) is 9.50. The number of H-pyrrole nitrogens is 1. The number of hydrogen-bond acceptors (Lipinski definition) is 5. The molecular weight excluding hydrogens is 439 g/mol. The van der Waals surface area contributed by atoms with Crippen molar-refractivity contribution < 1.29 is 27.3 Å². The summed E-state index contributed by atoms with van der Waals surface area (Å²) in [5, 5.41) is 17.7. The van der Waals surface area contributed by atoms with Gasteiger partial charge in [-0.1, -0.05) is 24.3 Å². The van der Waals surface area contributed by atoms with Crippen LogP contribution in [0, 0.1) is 10.1 Å². The van der Waals surface area contributed by atoms with Gasteiger partial charge < -0.3 is 4.42 Å². The maximum Gasteiger partial charge on any atom is 0.416 e. The molecule has 166 valence electrons. The lowest BCUT2D eigenvalue weighted by Gasteiger charge is -2.07. The Bertz CT molecular complexity index is 1370. The second kappa shape index (κ2) is 8.58. The van der Waals surface area contributed by atoms with Crippen molar-refractivity contribution in [1.29, 1.82) is 0 Å². The minimum atomic E-state index is -4.49. The number of nitrogens with one attached hydrogen (secondary N) is 1. The van der Waals surface area contributed by atoms with Crippen LogP contribution in [0.2, 0.25) is 0 Å². The molecule has 0 unspecified atom stereocenters. The second-order valence-corrected chi connectivity index (χ2v) is 6.95. The molecule has 0 aliphatic rings. The maximum absolute atomic E-state index is 12.9. The monoisotopic (exact) mass is 453 g/mol. The molecule has 2 aromatic carbocycles. The van der Waals surface area contributed by atoms with E-state index in [1.165, 1.54) is 60.8 Å². The summed E-state index contributed by atoms with van der Waals surface area (Å²) < 4.78 is 44.3. The Balaban J connectivity index is 1.55. The number of allylic oxidation sites excluding steroid dienone is 1. The Labute approximate surface area is 184 Å². The molecule has 1 N–H and O–H groups in total. The van der Waals surface area contributed by atoms with E-state index in [0.29, 0.717) is 16.8 Å². The number of benzene rings is 2. The second-order valence-electron chi connectivity index (χ2n) is 6.95. The number of carbonyl (C=O) groups is 1. The molecule has 0 saturated heterocycles. The Morgan fingerprint density at radius 3 is 2.58 bits per heavy atom. The van der Waals surface area contributed by atoms with Crippen LogP contribution >= 0.6 is 0 Å². The van der Waals surface area contributed by atoms with Crippen molar-refractivity contribution in [3.63, 3.8) is 0 Å². The number of halogens is 3. The Morgan fingerprint density at radius 2 is 1.82 bits per heavy atom. The van der Waals surface area contributed by atoms with Gasteiger partial charge in [-0.3, -0.25) is 20.0 Å². The van der Waals surface area contributed by atoms with Gasteiger partial charge in [0, 0.05) is 28.8 Å². The van der Waals surface area contributed by atoms with Crippen LogP contribution in [0.25, 0.3) is 28.7 Å². The summed E-state index contributed by atoms with van der Waals surface area (Å²) in [6.07, 6.45) is -0.355. The number of hydrogen-bond donors (Lipinski definition) is 1. The highest BCUT2D eigenvalue weighted by atomic mass is 19.4. The summed E-state index contributed by atoms with van der Waals surface area (Å²) in [5.41, 5.74) is 0.776. The van der Waals surface area contributed by atoms with Gasteiger partial charge in [0.1, 0.15) is 5.76 Å². The summed E-state index contributed by atoms with van der Waals surface area (Å²) in [4.78, 5) is 23.0. The van der Waals surface area contributed by atoms with Crippen LogP contribution < -0.4 is 0 Å². The first kappa shape index (κ1) is 21.8. The zero-order valence-corrected chi connectivity index (χ0v) is 16.7. The fourth-order valence-corrected chi connectivity index (χ4v) is 3.15. The first-order chi connectivity index (χ1) is 15.7. The normalized spacial score (nSPS) is 11.7. The molecule has 0 bridgehead atoms. The minimum absolute atomic E-state index is 0.0564. The van der Waals surface area contributed by atoms with Gasteiger partial charge in [-0.25, -0.2) is 0 Å². The van der Waals surface area contributed by atoms with Gasteiger partial charge in [0.25, 0.3) is 5.69 Å². The van der Waals surface area contributed by atoms with Crippen molar-refractivity contribution in [2.24, 2.45) is 0 Å². The summed E-state index contributed by atoms with van der Waals surface area (Å²) in [7, 11) is 0. The van der Waals surface area contributed by atoms with Crippen LogP contribution in [0.5, 0.6) is 0 Å². The number of nitro groups is 1. The summed E-state index contributed by atoms with van der Waals surface area (Å²) in [6, 6.07) is 13.3. The zero-order chi connectivity index (χ0) is 23.6. The summed E-state index contributed by atoms with van der Waals surface area (Å²) >= 11 is 0. The average Bonchev–Trinajstić information content (AvgIpc) is 3.47. The molecule has 0 fully saturated rings. The molecule has 33 heavy (non-hydrogen) atoms. The highest BCUT2D eigenvalue weighted by Gasteiger charge is 2.30. The molecule has 0 atom stereocenters. The van der Waals surface area contributed by atoms with Crippen molar-refractivity contribution in [3.05, 3.63) is 99.9 Å². The molecule has 4 aromatic rings. The number of furan rings is 1. The fraction of sp³-hybridized carbons (Fsp3) is 0.0435. The van der Waals surface area contributed by atoms with Crippen molar-refractivity contribution in [2.45, 2.75) is 6.18 Å². The molecule has 10 heteroatoms. The van der Waals surface area contributed by atoms with E-state index in [-0.39, 0.29) is 22.8 Å². The number of carbonyl (C=O) groups excluding carboxylic acids is 1. The number of alkyl halides is 3. The van der Waals surface area contributed by atoms with Gasteiger partial charge in [0.05, 0.1) is 22.4 Å². The number of nitro benzene ring substituents is 1. The molecule has 0 aliphatic heterocycles. The predicted octanol–water partition coefficient (Wildman–Crippen LogP) is 6.16. The predicted molar refractivity (Wildman–Crippen MR) is 113 cm³/mol. The van der Waals surface area contributed by atoms with Crippen molar-refractivity contribution in [1.82, 2.24) is 10.2 Å². The van der Waals surface area contributed by atoms with Gasteiger partial charge in [-0.15, -0.1) is 0 Å². The molecule has 4 rings (SSSR count). The number of nitrogens with zero attached hydrogens (tertiary/aromatic N) is 2. The van der Waals surface area contributed by atoms with E-state index in [4.69, 9.17) is 4.42 Å². The van der Waals surface area contributed by atoms with Crippen LogP contribution in [0.1, 0.15) is 21.7 Å². The number of non-ortho nitro benzene ring substituents is 1. The van der Waals surface area contributed by atoms with Crippen LogP contribution in [0.3, 0.4) is 0 Å². The molecule has 0 amide bonds. The molecule has 2 heterocycles. The van der Waals surface area contributed by atoms with Gasteiger partial charge in [-0.2, -0.15) is 18.3 Å². The zero-order valence-electron chi connectivity index (χ0n) is 16.7. The third-order valence-corrected chi connectivity index (χ3v) is 4.75. The van der Waals surface area contributed by atoms with E-state index in [0.717, 1.165) is 12.1 Å². The highest BCUT2D eigenvalue weighted by Crippen LogP contribution is 2.33. The number of ketones is 1. The van der Waals surface area contributed by atoms with Gasteiger partial charge in [-0.05, 0) is 36.4 Å². The topological polar surface area (TPSA) is 102 Å². The lowest BCUT2D eigenvalue weighted by atomic mass is 10.1. The van der Waals surface area contributed by atoms with E-state index in [9.17, 15) is 28.1 Å². The maximum atomic E-state index is 12.9. The molecule has 0 radical (unpaired) electrons. The van der Waals surface area contributed by atoms with Crippen LogP contribution in [-0.2, 0) is 6.18 Å². The van der Waals surface area contributed by atoms with E-state index in [1.54, 1.807) is 6.07 Å². The van der Waals surface area contributed by atoms with Crippen molar-refractivity contribution in [2.75, 3.05) is 0 Å². The van der Waals surface area contributed by atoms with Gasteiger partial charge >= 0.3 is 6.18 Å². The Kier molecular flexibility index (Phi) is 5.65. The van der Waals surface area contributed by atoms with Crippen molar-refractivity contribution in [3.8, 4) is 22.6 Å². The standard InChI is InChI=1S/C23H14F3N3O4/c24-23(25,26)17-5-1-3-14(11-17)20-9-10-21(33-20)19(30)8-7-16-13-27-28-22(16)15-4-2-6-18(12-15)29(31)32/h1-13H,(H,27,28)/b8-7+. The third-order valence-electron chi connectivity index (χ3n) is 4.75. The van der Waals surface area contributed by atoms with Crippen LogP contribution in [-0.4, -0.2) is 20.9 Å². The Hall–Kier alpha value is -4.47. The molecule has 0 spiro atoms. The lowest BCUT2D eigenvalue weighted by Crippen LogP contribution is -2.04. The van der Waals surface area contributed by atoms with E-state index in [2.05, 4.69) is 10.2 Å². The molecular formula is C23H14F3N3O4. The quantitative estimate of drug-likeness (QED) is 0.163. The number of rotatable bonds is 6. The molecule has 0 saturated carbocycles. The van der Waals surface area contributed by atoms with Gasteiger partial charge in [0.15, 0.2) is 5.76 Å². The molecule has 2 aromatic heterocycles. The summed E-state index contributed by atoms with van der Waals surface area (Å²) in [5.74, 6) is -0.447. The molecule has 7 nitrogen and oxygen atoms in total. The largest absolute Gasteiger partial charge is 0.453 e. The highest BCUT2D eigenvalue weighted by molar-refractivity contribution is 6.05. The van der Waals surface area contributed by atoms with E-state index in [1.807, 2.05) is 0 Å². The number of aromatic amines is 1. The minimum Gasteiger partial charge on any atom is -0.453 e. The third kappa shape index (κ3) is 4.74. The SMILES string of the molecule is O=C(/C=C/c1cn[nH]c1-c1cccc([N+](=O)[O-])c1)c1ccc(-c2cccc(C(F)(F)F)c2)o1. The number of aromatic nitrogens is 2. The van der Waals surface area contributed by atoms with E-state index >= 15 is 0 Å². The van der Waals surface area contributed by atoms with Crippen LogP contribution in [0.4, 0.5) is 18.9 Å². The smallest absolute Gasteiger partial charge is 0.416 e. The fourth-order valence-electron chi connectivity index (χ4n) is 3.15. The average molecular weight is 453 g/mol. The lowest BCUT2D eigenvalue weighted by molar-refractivity contribution is -0.384. The van der Waals surface area contributed by atoms with Crippen LogP contribution in [0.15, 0.2) is 77.4 Å².